The van der Waals surface area contributed by atoms with Crippen LogP contribution in [0.15, 0.2) is 24.3 Å². The smallest absolute Gasteiger partial charge is 0.251 e. The van der Waals surface area contributed by atoms with Gasteiger partial charge in [0.2, 0.25) is 0 Å². The molecule has 1 aromatic rings. The third-order valence-corrected chi connectivity index (χ3v) is 3.43. The number of amides is 1. The van der Waals surface area contributed by atoms with Gasteiger partial charge in [0.05, 0.1) is 12.1 Å². The van der Waals surface area contributed by atoms with Gasteiger partial charge in [-0.2, -0.15) is 0 Å². The van der Waals surface area contributed by atoms with E-state index in [9.17, 15) is 9.18 Å². The molecule has 1 saturated heterocycles. The molecule has 0 bridgehead atoms. The number of carbonyl (C=O) groups excluding carboxylic acids is 1. The van der Waals surface area contributed by atoms with Crippen molar-refractivity contribution in [2.75, 3.05) is 26.8 Å². The highest BCUT2D eigenvalue weighted by molar-refractivity contribution is 5.94. The summed E-state index contributed by atoms with van der Waals surface area (Å²) >= 11 is 0. The maximum Gasteiger partial charge on any atom is 0.251 e. The van der Waals surface area contributed by atoms with E-state index >= 15 is 0 Å². The summed E-state index contributed by atoms with van der Waals surface area (Å²) in [5, 5.41) is 6.22. The molecule has 1 atom stereocenters. The molecule has 1 aliphatic rings. The first-order valence-electron chi connectivity index (χ1n) is 6.43. The number of hydrogen-bond acceptors (Lipinski definition) is 3. The first-order valence-corrected chi connectivity index (χ1v) is 6.43. The third kappa shape index (κ3) is 3.52. The van der Waals surface area contributed by atoms with E-state index in [0.29, 0.717) is 18.7 Å². The zero-order valence-corrected chi connectivity index (χ0v) is 11.0. The number of ether oxygens (including phenoxy) is 1. The van der Waals surface area contributed by atoms with Crippen LogP contribution >= 0.6 is 0 Å². The lowest BCUT2D eigenvalue weighted by atomic mass is 9.98. The second kappa shape index (κ2) is 6.12. The molecule has 0 aliphatic carbocycles. The van der Waals surface area contributed by atoms with Crippen molar-refractivity contribution in [3.05, 3.63) is 35.6 Å². The summed E-state index contributed by atoms with van der Waals surface area (Å²) in [6, 6.07) is 5.69. The molecule has 1 heterocycles. The molecule has 0 radical (unpaired) electrons. The van der Waals surface area contributed by atoms with Crippen LogP contribution in [0.1, 0.15) is 23.2 Å². The van der Waals surface area contributed by atoms with Crippen LogP contribution in [0, 0.1) is 5.82 Å². The van der Waals surface area contributed by atoms with Crippen molar-refractivity contribution >= 4 is 5.91 Å². The van der Waals surface area contributed by atoms with Gasteiger partial charge in [-0.25, -0.2) is 4.39 Å². The Bertz CT molecular complexity index is 445. The van der Waals surface area contributed by atoms with Gasteiger partial charge in [-0.05, 0) is 37.6 Å². The summed E-state index contributed by atoms with van der Waals surface area (Å²) in [5.41, 5.74) is 0.142. The van der Waals surface area contributed by atoms with Gasteiger partial charge in [0, 0.05) is 19.2 Å². The summed E-state index contributed by atoms with van der Waals surface area (Å²) in [6.45, 7) is 1.96. The maximum absolute atomic E-state index is 13.1. The van der Waals surface area contributed by atoms with Crippen LogP contribution < -0.4 is 10.6 Å². The Morgan fingerprint density at radius 2 is 2.42 bits per heavy atom. The van der Waals surface area contributed by atoms with E-state index in [1.807, 2.05) is 0 Å². The number of nitrogens with one attached hydrogen (secondary N) is 2. The number of halogens is 1. The van der Waals surface area contributed by atoms with Crippen molar-refractivity contribution < 1.29 is 13.9 Å². The molecule has 19 heavy (non-hydrogen) atoms. The lowest BCUT2D eigenvalue weighted by Gasteiger charge is -2.28. The zero-order chi connectivity index (χ0) is 13.7. The number of rotatable bonds is 5. The van der Waals surface area contributed by atoms with Gasteiger partial charge in [-0.1, -0.05) is 6.07 Å². The minimum Gasteiger partial charge on any atom is -0.383 e. The molecule has 104 valence electrons. The lowest BCUT2D eigenvalue weighted by Crippen LogP contribution is -2.53. The SMILES string of the molecule is COCC1(CNC(=O)c2cccc(F)c2)CCCN1. The van der Waals surface area contributed by atoms with E-state index in [1.165, 1.54) is 18.2 Å². The Morgan fingerprint density at radius 3 is 3.05 bits per heavy atom. The highest BCUT2D eigenvalue weighted by atomic mass is 19.1. The van der Waals surface area contributed by atoms with Gasteiger partial charge < -0.3 is 15.4 Å². The largest absolute Gasteiger partial charge is 0.383 e. The van der Waals surface area contributed by atoms with Crippen LogP contribution in [0.3, 0.4) is 0 Å². The Balaban J connectivity index is 1.95. The van der Waals surface area contributed by atoms with E-state index in [4.69, 9.17) is 4.74 Å². The minimum absolute atomic E-state index is 0.197. The van der Waals surface area contributed by atoms with E-state index in [1.54, 1.807) is 13.2 Å². The average molecular weight is 266 g/mol. The molecule has 2 N–H and O–H groups in total. The van der Waals surface area contributed by atoms with Gasteiger partial charge in [0.15, 0.2) is 0 Å². The topological polar surface area (TPSA) is 50.4 Å². The Hall–Kier alpha value is -1.46. The molecule has 1 fully saturated rings. The van der Waals surface area contributed by atoms with Crippen molar-refractivity contribution in [2.45, 2.75) is 18.4 Å². The third-order valence-electron chi connectivity index (χ3n) is 3.43. The quantitative estimate of drug-likeness (QED) is 0.845. The molecule has 5 heteroatoms. The summed E-state index contributed by atoms with van der Waals surface area (Å²) in [7, 11) is 1.65. The first kappa shape index (κ1) is 14.0. The highest BCUT2D eigenvalue weighted by Crippen LogP contribution is 2.19. The molecule has 4 nitrogen and oxygen atoms in total. The van der Waals surface area contributed by atoms with E-state index in [-0.39, 0.29) is 11.4 Å². The second-order valence-electron chi connectivity index (χ2n) is 4.94. The van der Waals surface area contributed by atoms with Gasteiger partial charge in [-0.15, -0.1) is 0 Å². The van der Waals surface area contributed by atoms with Gasteiger partial charge >= 0.3 is 0 Å². The minimum atomic E-state index is -0.404. The van der Waals surface area contributed by atoms with Crippen LogP contribution in [0.25, 0.3) is 0 Å². The van der Waals surface area contributed by atoms with E-state index < -0.39 is 5.82 Å². The summed E-state index contributed by atoms with van der Waals surface area (Å²) in [5.74, 6) is -0.665. The predicted molar refractivity (Wildman–Crippen MR) is 70.6 cm³/mol. The van der Waals surface area contributed by atoms with Gasteiger partial charge in [0.1, 0.15) is 5.82 Å². The van der Waals surface area contributed by atoms with Crippen LogP contribution in [-0.2, 0) is 4.74 Å². The number of methoxy groups -OCH3 is 1. The fourth-order valence-corrected chi connectivity index (χ4v) is 2.45. The molecular weight excluding hydrogens is 247 g/mol. The fraction of sp³-hybridized carbons (Fsp3) is 0.500. The average Bonchev–Trinajstić information content (AvgIpc) is 2.85. The Labute approximate surface area is 112 Å². The Kier molecular flexibility index (Phi) is 4.50. The van der Waals surface area contributed by atoms with E-state index in [0.717, 1.165) is 19.4 Å². The van der Waals surface area contributed by atoms with Crippen LogP contribution in [0.4, 0.5) is 4.39 Å². The first-order chi connectivity index (χ1) is 9.15. The van der Waals surface area contributed by atoms with Gasteiger partial charge in [-0.3, -0.25) is 4.79 Å². The molecule has 0 aromatic heterocycles. The fourth-order valence-electron chi connectivity index (χ4n) is 2.45. The number of hydrogen-bond donors (Lipinski definition) is 2. The van der Waals surface area contributed by atoms with E-state index in [2.05, 4.69) is 10.6 Å². The van der Waals surface area contributed by atoms with Crippen molar-refractivity contribution in [1.29, 1.82) is 0 Å². The van der Waals surface area contributed by atoms with Gasteiger partial charge in [0.25, 0.3) is 5.91 Å². The lowest BCUT2D eigenvalue weighted by molar-refractivity contribution is 0.0892. The van der Waals surface area contributed by atoms with Crippen LogP contribution in [-0.4, -0.2) is 38.3 Å². The number of carbonyl (C=O) groups is 1. The van der Waals surface area contributed by atoms with Crippen molar-refractivity contribution in [2.24, 2.45) is 0 Å². The molecule has 1 aliphatic heterocycles. The standard InChI is InChI=1S/C14H19FN2O2/c1-19-10-14(6-3-7-17-14)9-16-13(18)11-4-2-5-12(15)8-11/h2,4-5,8,17H,3,6-7,9-10H2,1H3,(H,16,18). The summed E-state index contributed by atoms with van der Waals surface area (Å²) < 4.78 is 18.3. The second-order valence-corrected chi connectivity index (χ2v) is 4.94. The normalized spacial score (nSPS) is 22.4. The summed E-state index contributed by atoms with van der Waals surface area (Å²) in [4.78, 5) is 12.0. The van der Waals surface area contributed by atoms with Crippen molar-refractivity contribution in [3.8, 4) is 0 Å². The molecular formula is C14H19FN2O2. The van der Waals surface area contributed by atoms with Crippen molar-refractivity contribution in [3.63, 3.8) is 0 Å². The molecule has 0 saturated carbocycles. The van der Waals surface area contributed by atoms with Crippen LogP contribution in [0.2, 0.25) is 0 Å². The maximum atomic E-state index is 13.1. The highest BCUT2D eigenvalue weighted by Gasteiger charge is 2.33. The molecule has 1 unspecified atom stereocenters. The van der Waals surface area contributed by atoms with Crippen LogP contribution in [0.5, 0.6) is 0 Å². The number of benzene rings is 1. The predicted octanol–water partition coefficient (Wildman–Crippen LogP) is 1.32. The molecule has 1 amide bonds. The molecule has 0 spiro atoms. The molecule has 1 aromatic carbocycles. The Morgan fingerprint density at radius 1 is 1.58 bits per heavy atom. The summed E-state index contributed by atoms with van der Waals surface area (Å²) in [6.07, 6.45) is 2.03. The molecule has 2 rings (SSSR count). The monoisotopic (exact) mass is 266 g/mol. The zero-order valence-electron chi connectivity index (χ0n) is 11.0. The van der Waals surface area contributed by atoms with Crippen molar-refractivity contribution in [1.82, 2.24) is 10.6 Å².